The fraction of sp³-hybridized carbons (Fsp3) is 0.875. The van der Waals surface area contributed by atoms with Crippen molar-refractivity contribution in [2.45, 2.75) is 59.4 Å². The summed E-state index contributed by atoms with van der Waals surface area (Å²) in [7, 11) is 4.06. The second-order valence-electron chi connectivity index (χ2n) is 6.82. The molecule has 5 heteroatoms. The fourth-order valence-electron chi connectivity index (χ4n) is 2.79. The highest BCUT2D eigenvalue weighted by Crippen LogP contribution is 2.25. The highest BCUT2D eigenvalue weighted by molar-refractivity contribution is 5.77. The van der Waals surface area contributed by atoms with Crippen LogP contribution in [0.4, 0.5) is 0 Å². The third-order valence-electron chi connectivity index (χ3n) is 4.03. The molecule has 1 atom stereocenters. The van der Waals surface area contributed by atoms with Crippen molar-refractivity contribution in [2.75, 3.05) is 20.6 Å². The molecule has 0 aromatic heterocycles. The molecule has 2 N–H and O–H groups in total. The Bertz CT molecular complexity index is 336. The van der Waals surface area contributed by atoms with Gasteiger partial charge in [-0.2, -0.15) is 0 Å². The average molecular weight is 300 g/mol. The second kappa shape index (κ2) is 9.03. The van der Waals surface area contributed by atoms with Crippen LogP contribution >= 0.6 is 0 Å². The minimum absolute atomic E-state index is 0.00404. The Morgan fingerprint density at radius 1 is 1.14 bits per heavy atom. The summed E-state index contributed by atoms with van der Waals surface area (Å²) in [5.41, 5.74) is -0.515. The number of carbonyl (C=O) groups is 2. The smallest absolute Gasteiger partial charge is 0.303 e. The van der Waals surface area contributed by atoms with E-state index in [0.717, 1.165) is 12.8 Å². The van der Waals surface area contributed by atoms with E-state index < -0.39 is 11.4 Å². The molecule has 0 aliphatic heterocycles. The Morgan fingerprint density at radius 3 is 2.05 bits per heavy atom. The molecule has 0 rings (SSSR count). The second-order valence-corrected chi connectivity index (χ2v) is 6.82. The molecule has 0 aromatic rings. The van der Waals surface area contributed by atoms with Gasteiger partial charge in [0.05, 0.1) is 6.42 Å². The molecule has 0 aliphatic carbocycles. The Labute approximate surface area is 129 Å². The van der Waals surface area contributed by atoms with Gasteiger partial charge in [-0.3, -0.25) is 9.59 Å². The van der Waals surface area contributed by atoms with E-state index in [2.05, 4.69) is 24.1 Å². The Balaban J connectivity index is 4.47. The number of carboxylic acids is 1. The van der Waals surface area contributed by atoms with Crippen LogP contribution in [0.25, 0.3) is 0 Å². The minimum Gasteiger partial charge on any atom is -0.481 e. The van der Waals surface area contributed by atoms with Crippen molar-refractivity contribution in [2.24, 2.45) is 11.3 Å². The van der Waals surface area contributed by atoms with Crippen LogP contribution in [-0.4, -0.2) is 48.6 Å². The number of likely N-dealkylation sites (N-methyl/N-ethyl adjacent to an activating group) is 1. The number of amides is 1. The van der Waals surface area contributed by atoms with Crippen LogP contribution in [0.3, 0.4) is 0 Å². The molecular weight excluding hydrogens is 268 g/mol. The van der Waals surface area contributed by atoms with Crippen LogP contribution in [-0.2, 0) is 9.59 Å². The molecule has 0 fully saturated rings. The van der Waals surface area contributed by atoms with Gasteiger partial charge in [-0.15, -0.1) is 0 Å². The zero-order valence-corrected chi connectivity index (χ0v) is 14.4. The predicted octanol–water partition coefficient (Wildman–Crippen LogP) is 2.36. The minimum atomic E-state index is -0.865. The van der Waals surface area contributed by atoms with E-state index in [9.17, 15) is 9.59 Å². The first-order valence-corrected chi connectivity index (χ1v) is 7.77. The van der Waals surface area contributed by atoms with E-state index in [0.29, 0.717) is 18.5 Å². The number of carbonyl (C=O) groups excluding carboxylic acids is 1. The van der Waals surface area contributed by atoms with Gasteiger partial charge >= 0.3 is 5.97 Å². The Kier molecular flexibility index (Phi) is 8.55. The van der Waals surface area contributed by atoms with Crippen LogP contribution in [0.5, 0.6) is 0 Å². The molecule has 0 aliphatic rings. The fourth-order valence-corrected chi connectivity index (χ4v) is 2.79. The van der Waals surface area contributed by atoms with Crippen molar-refractivity contribution in [1.82, 2.24) is 10.2 Å². The SMILES string of the molecule is CCC(CC)C(CNC(=O)CC(C)(C)CC(=O)O)N(C)C. The number of hydrogen-bond acceptors (Lipinski definition) is 3. The summed E-state index contributed by atoms with van der Waals surface area (Å²) in [5.74, 6) is -0.387. The highest BCUT2D eigenvalue weighted by Gasteiger charge is 2.26. The normalized spacial score (nSPS) is 13.5. The third kappa shape index (κ3) is 8.05. The summed E-state index contributed by atoms with van der Waals surface area (Å²) in [5, 5.41) is 11.8. The van der Waals surface area contributed by atoms with Crippen LogP contribution < -0.4 is 5.32 Å². The Morgan fingerprint density at radius 2 is 1.67 bits per heavy atom. The van der Waals surface area contributed by atoms with Crippen LogP contribution in [0.1, 0.15) is 53.4 Å². The van der Waals surface area contributed by atoms with Crippen molar-refractivity contribution in [1.29, 1.82) is 0 Å². The molecule has 5 nitrogen and oxygen atoms in total. The van der Waals surface area contributed by atoms with Crippen molar-refractivity contribution in [3.8, 4) is 0 Å². The maximum absolute atomic E-state index is 12.0. The topological polar surface area (TPSA) is 69.6 Å². The van der Waals surface area contributed by atoms with Gasteiger partial charge in [0.15, 0.2) is 0 Å². The largest absolute Gasteiger partial charge is 0.481 e. The highest BCUT2D eigenvalue weighted by atomic mass is 16.4. The number of hydrogen-bond donors (Lipinski definition) is 2. The van der Waals surface area contributed by atoms with Gasteiger partial charge in [0.2, 0.25) is 5.91 Å². The van der Waals surface area contributed by atoms with E-state index in [4.69, 9.17) is 5.11 Å². The van der Waals surface area contributed by atoms with Gasteiger partial charge in [-0.25, -0.2) is 0 Å². The van der Waals surface area contributed by atoms with Crippen molar-refractivity contribution in [3.05, 3.63) is 0 Å². The van der Waals surface area contributed by atoms with E-state index in [1.807, 2.05) is 27.9 Å². The Hall–Kier alpha value is -1.10. The quantitative estimate of drug-likeness (QED) is 0.650. The predicted molar refractivity (Wildman–Crippen MR) is 85.2 cm³/mol. The lowest BCUT2D eigenvalue weighted by atomic mass is 9.85. The number of aliphatic carboxylic acids is 1. The first-order chi connectivity index (χ1) is 9.62. The summed E-state index contributed by atoms with van der Waals surface area (Å²) in [6.07, 6.45) is 2.41. The van der Waals surface area contributed by atoms with Gasteiger partial charge in [0, 0.05) is 19.0 Å². The number of carboxylic acid groups (broad SMARTS) is 1. The van der Waals surface area contributed by atoms with Gasteiger partial charge in [0.25, 0.3) is 0 Å². The zero-order chi connectivity index (χ0) is 16.6. The molecule has 0 saturated heterocycles. The maximum atomic E-state index is 12.0. The maximum Gasteiger partial charge on any atom is 0.303 e. The van der Waals surface area contributed by atoms with Gasteiger partial charge < -0.3 is 15.3 Å². The van der Waals surface area contributed by atoms with Crippen LogP contribution in [0, 0.1) is 11.3 Å². The zero-order valence-electron chi connectivity index (χ0n) is 14.4. The van der Waals surface area contributed by atoms with E-state index in [1.54, 1.807) is 0 Å². The van der Waals surface area contributed by atoms with Gasteiger partial charge in [-0.1, -0.05) is 40.5 Å². The summed E-state index contributed by atoms with van der Waals surface area (Å²) in [4.78, 5) is 25.0. The summed E-state index contributed by atoms with van der Waals surface area (Å²) in [6, 6.07) is 0.312. The average Bonchev–Trinajstić information content (AvgIpc) is 2.31. The monoisotopic (exact) mass is 300 g/mol. The third-order valence-corrected chi connectivity index (χ3v) is 4.03. The number of nitrogens with zero attached hydrogens (tertiary/aromatic N) is 1. The van der Waals surface area contributed by atoms with Crippen LogP contribution in [0.2, 0.25) is 0 Å². The lowest BCUT2D eigenvalue weighted by molar-refractivity contribution is -0.139. The standard InChI is InChI=1S/C16H32N2O3/c1-7-12(8-2)13(18(5)6)11-17-14(19)9-16(3,4)10-15(20)21/h12-13H,7-11H2,1-6H3,(H,17,19)(H,20,21). The van der Waals surface area contributed by atoms with E-state index in [-0.39, 0.29) is 18.7 Å². The van der Waals surface area contributed by atoms with Crippen molar-refractivity contribution < 1.29 is 14.7 Å². The summed E-state index contributed by atoms with van der Waals surface area (Å²) >= 11 is 0. The molecule has 21 heavy (non-hydrogen) atoms. The molecule has 0 saturated carbocycles. The molecule has 0 radical (unpaired) electrons. The lowest BCUT2D eigenvalue weighted by Crippen LogP contribution is -2.45. The molecule has 1 amide bonds. The molecule has 0 heterocycles. The first-order valence-electron chi connectivity index (χ1n) is 7.77. The molecular formula is C16H32N2O3. The van der Waals surface area contributed by atoms with E-state index >= 15 is 0 Å². The van der Waals surface area contributed by atoms with Crippen molar-refractivity contribution >= 4 is 11.9 Å². The van der Waals surface area contributed by atoms with Gasteiger partial charge in [-0.05, 0) is 25.4 Å². The van der Waals surface area contributed by atoms with Crippen molar-refractivity contribution in [3.63, 3.8) is 0 Å². The molecule has 124 valence electrons. The summed E-state index contributed by atoms with van der Waals surface area (Å²) < 4.78 is 0. The number of rotatable bonds is 10. The van der Waals surface area contributed by atoms with Gasteiger partial charge in [0.1, 0.15) is 0 Å². The first kappa shape index (κ1) is 19.9. The molecule has 0 bridgehead atoms. The molecule has 0 aromatic carbocycles. The molecule has 0 spiro atoms. The summed E-state index contributed by atoms with van der Waals surface area (Å²) in [6.45, 7) is 8.57. The van der Waals surface area contributed by atoms with E-state index in [1.165, 1.54) is 0 Å². The number of nitrogens with one attached hydrogen (secondary N) is 1. The molecule has 1 unspecified atom stereocenters. The lowest BCUT2D eigenvalue weighted by Gasteiger charge is -2.32. The van der Waals surface area contributed by atoms with Crippen LogP contribution in [0.15, 0.2) is 0 Å².